The Morgan fingerprint density at radius 3 is 2.66 bits per heavy atom. The van der Waals surface area contributed by atoms with Gasteiger partial charge in [-0.05, 0) is 42.6 Å². The Kier molecular flexibility index (Phi) is 6.08. The van der Waals surface area contributed by atoms with Gasteiger partial charge >= 0.3 is 0 Å². The van der Waals surface area contributed by atoms with E-state index in [0.717, 1.165) is 33.2 Å². The van der Waals surface area contributed by atoms with E-state index in [0.29, 0.717) is 27.5 Å². The summed E-state index contributed by atoms with van der Waals surface area (Å²) in [6.45, 7) is 2.53. The minimum atomic E-state index is -0.396. The maximum atomic E-state index is 13.2. The van der Waals surface area contributed by atoms with E-state index in [9.17, 15) is 10.1 Å². The number of fused-ring (bicyclic) bond motifs is 1. The first-order valence-electron chi connectivity index (χ1n) is 10.5. The highest BCUT2D eigenvalue weighted by molar-refractivity contribution is 7.21. The Labute approximate surface area is 212 Å². The van der Waals surface area contributed by atoms with Crippen LogP contribution in [0.25, 0.3) is 31.9 Å². The van der Waals surface area contributed by atoms with E-state index in [2.05, 4.69) is 21.4 Å². The second kappa shape index (κ2) is 9.34. The number of nitrogen functional groups attached to an aromatic ring is 2. The van der Waals surface area contributed by atoms with Gasteiger partial charge in [0, 0.05) is 26.8 Å². The van der Waals surface area contributed by atoms with Gasteiger partial charge in [0.15, 0.2) is 5.13 Å². The van der Waals surface area contributed by atoms with Crippen molar-refractivity contribution in [2.75, 3.05) is 23.4 Å². The van der Waals surface area contributed by atoms with E-state index in [1.54, 1.807) is 0 Å². The molecule has 35 heavy (non-hydrogen) atoms. The molecule has 0 fully saturated rings. The Morgan fingerprint density at radius 1 is 1.17 bits per heavy atom. The molecule has 5 rings (SSSR count). The summed E-state index contributed by atoms with van der Waals surface area (Å²) in [5, 5.41) is 17.3. The molecule has 11 heteroatoms. The molecule has 4 heterocycles. The predicted molar refractivity (Wildman–Crippen MR) is 143 cm³/mol. The molecule has 0 radical (unpaired) electrons. The van der Waals surface area contributed by atoms with E-state index >= 15 is 0 Å². The summed E-state index contributed by atoms with van der Waals surface area (Å²) >= 11 is 3.91. The van der Waals surface area contributed by atoms with Crippen molar-refractivity contribution in [3.63, 3.8) is 0 Å². The molecule has 0 aliphatic carbocycles. The Morgan fingerprint density at radius 2 is 1.97 bits per heavy atom. The highest BCUT2D eigenvalue weighted by Gasteiger charge is 2.25. The average molecular weight is 519 g/mol. The van der Waals surface area contributed by atoms with E-state index < -0.39 is 5.91 Å². The second-order valence-electron chi connectivity index (χ2n) is 7.31. The van der Waals surface area contributed by atoms with Gasteiger partial charge in [-0.25, -0.2) is 9.97 Å². The molecular formula is C24H18N6O2S3. The van der Waals surface area contributed by atoms with Crippen LogP contribution < -0.4 is 21.5 Å². The number of carbonyl (C=O) groups is 1. The molecule has 0 saturated carbocycles. The van der Waals surface area contributed by atoms with E-state index in [1.807, 2.05) is 54.1 Å². The number of benzene rings is 1. The van der Waals surface area contributed by atoms with Crippen LogP contribution in [0.3, 0.4) is 0 Å². The number of nitrogens with two attached hydrogens (primary N) is 2. The number of anilines is 3. The van der Waals surface area contributed by atoms with Crippen LogP contribution in [0.2, 0.25) is 0 Å². The monoisotopic (exact) mass is 518 g/mol. The highest BCUT2D eigenvalue weighted by Crippen LogP contribution is 2.44. The Balaban J connectivity index is 1.47. The molecule has 5 N–H and O–H groups in total. The van der Waals surface area contributed by atoms with E-state index in [-0.39, 0.29) is 21.9 Å². The molecule has 1 aromatic carbocycles. The number of nitrogens with one attached hydrogen (secondary N) is 1. The van der Waals surface area contributed by atoms with Crippen LogP contribution in [0.15, 0.2) is 47.2 Å². The Hall–Kier alpha value is -3.98. The van der Waals surface area contributed by atoms with Crippen LogP contribution in [0.4, 0.5) is 16.6 Å². The summed E-state index contributed by atoms with van der Waals surface area (Å²) in [5.41, 5.74) is 15.3. The fourth-order valence-electron chi connectivity index (χ4n) is 3.63. The molecule has 0 saturated heterocycles. The fraction of sp³-hybridized carbons (Fsp3) is 0.0833. The Bertz CT molecular complexity index is 1580. The van der Waals surface area contributed by atoms with Gasteiger partial charge in [0.05, 0.1) is 18.0 Å². The van der Waals surface area contributed by atoms with Crippen molar-refractivity contribution < 1.29 is 9.53 Å². The van der Waals surface area contributed by atoms with Gasteiger partial charge in [-0.15, -0.1) is 34.0 Å². The molecular weight excluding hydrogens is 501 g/mol. The maximum absolute atomic E-state index is 13.2. The van der Waals surface area contributed by atoms with Gasteiger partial charge in [-0.1, -0.05) is 6.07 Å². The summed E-state index contributed by atoms with van der Waals surface area (Å²) in [7, 11) is 0. The van der Waals surface area contributed by atoms with Crippen molar-refractivity contribution in [3.8, 4) is 33.5 Å². The van der Waals surface area contributed by atoms with Crippen molar-refractivity contribution in [1.82, 2.24) is 9.97 Å². The third-order valence-corrected chi connectivity index (χ3v) is 7.92. The second-order valence-corrected chi connectivity index (χ2v) is 10.1. The first kappa shape index (κ1) is 22.8. The normalized spacial score (nSPS) is 10.9. The average Bonchev–Trinajstić information content (AvgIpc) is 3.60. The minimum absolute atomic E-state index is 0.108. The first-order valence-corrected chi connectivity index (χ1v) is 13.0. The van der Waals surface area contributed by atoms with Crippen LogP contribution >= 0.6 is 34.0 Å². The van der Waals surface area contributed by atoms with Crippen LogP contribution in [0, 0.1) is 11.3 Å². The standard InChI is InChI=1S/C24H18N6O2S3/c1-2-32-13-7-5-12(6-8-13)15-11-34-24(28-15)30-22(31)20-19(26)18-17(16-4-3-9-33-16)14(10-25)21(27)29-23(18)35-20/h3-9,11H,2,26H2,1H3,(H2,27,29)(H,28,30,31). The number of ether oxygens (including phenoxy) is 1. The SMILES string of the molecule is CCOc1ccc(-c2csc(NC(=O)c3sc4nc(N)c(C#N)c(-c5cccs5)c4c3N)n2)cc1. The van der Waals surface area contributed by atoms with Crippen LogP contribution in [-0.2, 0) is 0 Å². The van der Waals surface area contributed by atoms with Crippen molar-refractivity contribution in [3.05, 3.63) is 57.6 Å². The number of thiazole rings is 1. The number of pyridine rings is 1. The molecule has 0 bridgehead atoms. The molecule has 174 valence electrons. The smallest absolute Gasteiger partial charge is 0.269 e. The topological polar surface area (TPSA) is 140 Å². The quantitative estimate of drug-likeness (QED) is 0.257. The lowest BCUT2D eigenvalue weighted by atomic mass is 10.0. The number of thiophene rings is 2. The predicted octanol–water partition coefficient (Wildman–Crippen LogP) is 5.84. The molecule has 8 nitrogen and oxygen atoms in total. The fourth-order valence-corrected chi connectivity index (χ4v) is 6.13. The van der Waals surface area contributed by atoms with E-state index in [4.69, 9.17) is 16.2 Å². The van der Waals surface area contributed by atoms with Gasteiger partial charge < -0.3 is 16.2 Å². The number of amides is 1. The minimum Gasteiger partial charge on any atom is -0.494 e. The zero-order chi connectivity index (χ0) is 24.5. The number of hydrogen-bond donors (Lipinski definition) is 3. The molecule has 0 atom stereocenters. The zero-order valence-electron chi connectivity index (χ0n) is 18.4. The highest BCUT2D eigenvalue weighted by atomic mass is 32.1. The van der Waals surface area contributed by atoms with Crippen LogP contribution in [0.5, 0.6) is 5.75 Å². The summed E-state index contributed by atoms with van der Waals surface area (Å²) < 4.78 is 5.48. The molecule has 0 aliphatic rings. The molecule has 5 aromatic rings. The lowest BCUT2D eigenvalue weighted by Gasteiger charge is -2.07. The zero-order valence-corrected chi connectivity index (χ0v) is 20.8. The van der Waals surface area contributed by atoms with Crippen molar-refractivity contribution in [1.29, 1.82) is 5.26 Å². The van der Waals surface area contributed by atoms with Gasteiger partial charge in [0.2, 0.25) is 0 Å². The van der Waals surface area contributed by atoms with Gasteiger partial charge in [0.1, 0.15) is 32.9 Å². The lowest BCUT2D eigenvalue weighted by molar-refractivity contribution is 0.103. The summed E-state index contributed by atoms with van der Waals surface area (Å²) in [5.74, 6) is 0.500. The number of carbonyl (C=O) groups excluding carboxylic acids is 1. The summed E-state index contributed by atoms with van der Waals surface area (Å²) in [6, 6.07) is 13.5. The molecule has 4 aromatic heterocycles. The lowest BCUT2D eigenvalue weighted by Crippen LogP contribution is -2.11. The number of hydrogen-bond acceptors (Lipinski definition) is 10. The number of nitriles is 1. The van der Waals surface area contributed by atoms with Crippen LogP contribution in [0.1, 0.15) is 22.2 Å². The number of nitrogens with zero attached hydrogens (tertiary/aromatic N) is 3. The van der Waals surface area contributed by atoms with E-state index in [1.165, 1.54) is 22.7 Å². The largest absolute Gasteiger partial charge is 0.494 e. The third kappa shape index (κ3) is 4.19. The van der Waals surface area contributed by atoms with Gasteiger partial charge in [-0.2, -0.15) is 5.26 Å². The van der Waals surface area contributed by atoms with Crippen molar-refractivity contribution >= 4 is 66.8 Å². The first-order chi connectivity index (χ1) is 17.0. The maximum Gasteiger partial charge on any atom is 0.269 e. The van der Waals surface area contributed by atoms with Gasteiger partial charge in [-0.3, -0.25) is 10.1 Å². The summed E-state index contributed by atoms with van der Waals surface area (Å²) in [6.07, 6.45) is 0. The third-order valence-electron chi connectivity index (χ3n) is 5.18. The molecule has 0 spiro atoms. The van der Waals surface area contributed by atoms with Crippen molar-refractivity contribution in [2.45, 2.75) is 6.92 Å². The molecule has 0 aliphatic heterocycles. The molecule has 0 unspecified atom stereocenters. The molecule has 1 amide bonds. The number of aromatic nitrogens is 2. The summed E-state index contributed by atoms with van der Waals surface area (Å²) in [4.78, 5) is 23.7. The van der Waals surface area contributed by atoms with Gasteiger partial charge in [0.25, 0.3) is 5.91 Å². The number of rotatable bonds is 6. The van der Waals surface area contributed by atoms with Crippen molar-refractivity contribution in [2.24, 2.45) is 0 Å². The van der Waals surface area contributed by atoms with Crippen LogP contribution in [-0.4, -0.2) is 22.5 Å².